The summed E-state index contributed by atoms with van der Waals surface area (Å²) in [6, 6.07) is 9.00. The predicted octanol–water partition coefficient (Wildman–Crippen LogP) is 4.51. The molecule has 1 atom stereocenters. The lowest BCUT2D eigenvalue weighted by molar-refractivity contribution is 0.261. The second-order valence-corrected chi connectivity index (χ2v) is 7.34. The van der Waals surface area contributed by atoms with Gasteiger partial charge in [0.25, 0.3) is 6.02 Å². The van der Waals surface area contributed by atoms with E-state index in [1.54, 1.807) is 0 Å². The lowest BCUT2D eigenvalue weighted by atomic mass is 10.0. The van der Waals surface area contributed by atoms with E-state index in [1.807, 2.05) is 18.2 Å². The van der Waals surface area contributed by atoms with Gasteiger partial charge < -0.3 is 9.64 Å². The van der Waals surface area contributed by atoms with Crippen LogP contribution < -0.4 is 0 Å². The van der Waals surface area contributed by atoms with Crippen LogP contribution in [0.15, 0.2) is 23.2 Å². The molecule has 0 saturated carbocycles. The quantitative estimate of drug-likeness (QED) is 0.772. The van der Waals surface area contributed by atoms with Crippen molar-refractivity contribution < 1.29 is 4.74 Å². The van der Waals surface area contributed by atoms with E-state index in [2.05, 4.69) is 45.6 Å². The van der Waals surface area contributed by atoms with Crippen molar-refractivity contribution in [3.8, 4) is 6.07 Å². The second-order valence-electron chi connectivity index (χ2n) is 7.34. The zero-order valence-electron chi connectivity index (χ0n) is 15.5. The van der Waals surface area contributed by atoms with Crippen LogP contribution in [-0.4, -0.2) is 30.1 Å². The molecule has 1 aromatic rings. The van der Waals surface area contributed by atoms with E-state index < -0.39 is 0 Å². The Morgan fingerprint density at radius 2 is 2.04 bits per heavy atom. The Bertz CT molecular complexity index is 628. The Kier molecular flexibility index (Phi) is 6.25. The predicted molar refractivity (Wildman–Crippen MR) is 98.4 cm³/mol. The van der Waals surface area contributed by atoms with Crippen molar-refractivity contribution in [1.82, 2.24) is 4.90 Å². The zero-order chi connectivity index (χ0) is 17.7. The first-order chi connectivity index (χ1) is 11.4. The first kappa shape index (κ1) is 18.3. The standard InChI is InChI=1S/C20H29N3O/c1-6-17-10-16(11-21)7-8-19(17)22-20-23(12-15(4)5)18(13-24-20)9-14(2)3/h7-8,10,14-15,18H,6,9,12-13H2,1-5H3/t18-/m0/s1. The molecular weight excluding hydrogens is 298 g/mol. The number of ether oxygens (including phenoxy) is 1. The normalized spacial score (nSPS) is 19.2. The monoisotopic (exact) mass is 327 g/mol. The fourth-order valence-electron chi connectivity index (χ4n) is 3.11. The highest BCUT2D eigenvalue weighted by Crippen LogP contribution is 2.26. The smallest absolute Gasteiger partial charge is 0.293 e. The van der Waals surface area contributed by atoms with Crippen LogP contribution in [0.3, 0.4) is 0 Å². The van der Waals surface area contributed by atoms with Crippen molar-refractivity contribution in [2.75, 3.05) is 13.2 Å². The molecule has 1 saturated heterocycles. The molecule has 0 bridgehead atoms. The van der Waals surface area contributed by atoms with Gasteiger partial charge in [0.15, 0.2) is 0 Å². The third-order valence-corrected chi connectivity index (χ3v) is 4.20. The summed E-state index contributed by atoms with van der Waals surface area (Å²) >= 11 is 0. The lowest BCUT2D eigenvalue weighted by Gasteiger charge is -2.26. The molecule has 0 unspecified atom stereocenters. The van der Waals surface area contributed by atoms with Crippen LogP contribution in [0.25, 0.3) is 0 Å². The van der Waals surface area contributed by atoms with E-state index in [0.29, 0.717) is 30.0 Å². The Morgan fingerprint density at radius 1 is 1.29 bits per heavy atom. The number of aliphatic imine (C=N–C) groups is 1. The van der Waals surface area contributed by atoms with Gasteiger partial charge in [-0.15, -0.1) is 0 Å². The fraction of sp³-hybridized carbons (Fsp3) is 0.600. The highest BCUT2D eigenvalue weighted by molar-refractivity contribution is 5.80. The summed E-state index contributed by atoms with van der Waals surface area (Å²) in [5.74, 6) is 1.19. The van der Waals surface area contributed by atoms with Crippen LogP contribution in [0.1, 0.15) is 52.2 Å². The lowest BCUT2D eigenvalue weighted by Crippen LogP contribution is -2.37. The number of amidine groups is 1. The average molecular weight is 327 g/mol. The van der Waals surface area contributed by atoms with Gasteiger partial charge in [-0.25, -0.2) is 0 Å². The van der Waals surface area contributed by atoms with Crippen LogP contribution >= 0.6 is 0 Å². The fourth-order valence-corrected chi connectivity index (χ4v) is 3.11. The molecule has 24 heavy (non-hydrogen) atoms. The highest BCUT2D eigenvalue weighted by atomic mass is 16.5. The Morgan fingerprint density at radius 3 is 2.62 bits per heavy atom. The maximum absolute atomic E-state index is 9.07. The molecule has 1 aliphatic rings. The summed E-state index contributed by atoms with van der Waals surface area (Å²) in [6.45, 7) is 12.7. The average Bonchev–Trinajstić information content (AvgIpc) is 2.88. The Labute approximate surface area is 146 Å². The van der Waals surface area contributed by atoms with Crippen molar-refractivity contribution in [2.24, 2.45) is 16.8 Å². The van der Waals surface area contributed by atoms with Gasteiger partial charge in [0.2, 0.25) is 0 Å². The van der Waals surface area contributed by atoms with Crippen molar-refractivity contribution in [3.63, 3.8) is 0 Å². The number of hydrogen-bond acceptors (Lipinski definition) is 3. The molecule has 4 heteroatoms. The minimum absolute atomic E-state index is 0.398. The van der Waals surface area contributed by atoms with E-state index in [9.17, 15) is 0 Å². The molecule has 0 radical (unpaired) electrons. The molecule has 0 amide bonds. The van der Waals surface area contributed by atoms with Crippen molar-refractivity contribution in [1.29, 1.82) is 5.26 Å². The van der Waals surface area contributed by atoms with E-state index in [1.165, 1.54) is 0 Å². The second kappa shape index (κ2) is 8.19. The van der Waals surface area contributed by atoms with Gasteiger partial charge in [0.05, 0.1) is 23.4 Å². The van der Waals surface area contributed by atoms with Crippen molar-refractivity contribution in [2.45, 2.75) is 53.5 Å². The number of hydrogen-bond donors (Lipinski definition) is 0. The molecule has 1 fully saturated rings. The number of nitrogens with zero attached hydrogens (tertiary/aromatic N) is 3. The van der Waals surface area contributed by atoms with Gasteiger partial charge in [-0.3, -0.25) is 0 Å². The topological polar surface area (TPSA) is 48.6 Å². The SMILES string of the molecule is CCc1cc(C#N)ccc1N=C1OC[C@H](CC(C)C)N1CC(C)C. The maximum Gasteiger partial charge on any atom is 0.293 e. The van der Waals surface area contributed by atoms with Gasteiger partial charge >= 0.3 is 0 Å². The summed E-state index contributed by atoms with van der Waals surface area (Å²) in [5, 5.41) is 9.07. The van der Waals surface area contributed by atoms with Crippen molar-refractivity contribution >= 4 is 11.7 Å². The number of benzene rings is 1. The maximum atomic E-state index is 9.07. The number of rotatable bonds is 6. The van der Waals surface area contributed by atoms with Crippen LogP contribution in [0, 0.1) is 23.2 Å². The van der Waals surface area contributed by atoms with Gasteiger partial charge in [0, 0.05) is 6.54 Å². The Hall–Kier alpha value is -2.02. The third kappa shape index (κ3) is 4.50. The molecule has 1 aliphatic heterocycles. The van der Waals surface area contributed by atoms with Crippen LogP contribution in [0.2, 0.25) is 0 Å². The largest absolute Gasteiger partial charge is 0.463 e. The highest BCUT2D eigenvalue weighted by Gasteiger charge is 2.32. The molecule has 130 valence electrons. The summed E-state index contributed by atoms with van der Waals surface area (Å²) in [4.78, 5) is 7.13. The Balaban J connectivity index is 2.31. The first-order valence-electron chi connectivity index (χ1n) is 8.95. The first-order valence-corrected chi connectivity index (χ1v) is 8.95. The van der Waals surface area contributed by atoms with Gasteiger partial charge in [0.1, 0.15) is 6.61 Å². The minimum Gasteiger partial charge on any atom is -0.463 e. The van der Waals surface area contributed by atoms with E-state index in [0.717, 1.165) is 36.7 Å². The van der Waals surface area contributed by atoms with Crippen LogP contribution in [0.5, 0.6) is 0 Å². The third-order valence-electron chi connectivity index (χ3n) is 4.20. The number of nitriles is 1. The summed E-state index contributed by atoms with van der Waals surface area (Å²) in [5.41, 5.74) is 2.67. The van der Waals surface area contributed by atoms with E-state index in [-0.39, 0.29) is 0 Å². The van der Waals surface area contributed by atoms with Gasteiger partial charge in [-0.1, -0.05) is 34.6 Å². The molecule has 0 aliphatic carbocycles. The molecular formula is C20H29N3O. The molecule has 2 rings (SSSR count). The van der Waals surface area contributed by atoms with E-state index >= 15 is 0 Å². The van der Waals surface area contributed by atoms with Crippen LogP contribution in [0.4, 0.5) is 5.69 Å². The molecule has 4 nitrogen and oxygen atoms in total. The molecule has 1 aromatic carbocycles. The minimum atomic E-state index is 0.398. The van der Waals surface area contributed by atoms with Gasteiger partial charge in [-0.2, -0.15) is 10.3 Å². The molecule has 1 heterocycles. The summed E-state index contributed by atoms with van der Waals surface area (Å²) in [7, 11) is 0. The van der Waals surface area contributed by atoms with E-state index in [4.69, 9.17) is 15.0 Å². The molecule has 0 N–H and O–H groups in total. The molecule has 0 spiro atoms. The van der Waals surface area contributed by atoms with Gasteiger partial charge in [-0.05, 0) is 48.4 Å². The zero-order valence-corrected chi connectivity index (χ0v) is 15.5. The number of aryl methyl sites for hydroxylation is 1. The van der Waals surface area contributed by atoms with Crippen molar-refractivity contribution in [3.05, 3.63) is 29.3 Å². The summed E-state index contributed by atoms with van der Waals surface area (Å²) in [6.07, 6.45) is 1.96. The summed E-state index contributed by atoms with van der Waals surface area (Å²) < 4.78 is 5.95. The van der Waals surface area contributed by atoms with Crippen LogP contribution in [-0.2, 0) is 11.2 Å². The molecule has 0 aromatic heterocycles.